The van der Waals surface area contributed by atoms with Gasteiger partial charge in [0, 0.05) is 28.6 Å². The number of pyridine rings is 1. The molecule has 5 heteroatoms. The quantitative estimate of drug-likeness (QED) is 0.817. The Labute approximate surface area is 147 Å². The molecule has 0 radical (unpaired) electrons. The zero-order valence-corrected chi connectivity index (χ0v) is 14.6. The van der Waals surface area contributed by atoms with E-state index in [1.807, 2.05) is 25.1 Å². The highest BCUT2D eigenvalue weighted by atomic mass is 35.5. The number of carbonyl (C=O) groups excluding carboxylic acids is 1. The van der Waals surface area contributed by atoms with Gasteiger partial charge in [-0.15, -0.1) is 0 Å². The normalized spacial score (nSPS) is 15.1. The van der Waals surface area contributed by atoms with Crippen LogP contribution in [0.3, 0.4) is 0 Å². The number of hydrogen-bond donors (Lipinski definition) is 2. The van der Waals surface area contributed by atoms with Crippen molar-refractivity contribution < 1.29 is 4.79 Å². The summed E-state index contributed by atoms with van der Waals surface area (Å²) in [5, 5.41) is 7.00. The van der Waals surface area contributed by atoms with Crippen LogP contribution in [0.15, 0.2) is 36.5 Å². The molecule has 1 amide bonds. The van der Waals surface area contributed by atoms with Crippen molar-refractivity contribution in [2.45, 2.75) is 45.1 Å². The number of aryl methyl sites for hydroxylation is 1. The van der Waals surface area contributed by atoms with Crippen LogP contribution in [0.5, 0.6) is 0 Å². The van der Waals surface area contributed by atoms with Gasteiger partial charge in [0.15, 0.2) is 0 Å². The molecule has 0 spiro atoms. The lowest BCUT2D eigenvalue weighted by Gasteiger charge is -2.23. The Morgan fingerprint density at radius 2 is 1.96 bits per heavy atom. The molecule has 0 bridgehead atoms. The monoisotopic (exact) mass is 343 g/mol. The van der Waals surface area contributed by atoms with Crippen molar-refractivity contribution in [1.82, 2.24) is 4.98 Å². The maximum atomic E-state index is 12.5. The van der Waals surface area contributed by atoms with Crippen LogP contribution in [-0.2, 0) is 0 Å². The van der Waals surface area contributed by atoms with Crippen molar-refractivity contribution in [2.24, 2.45) is 0 Å². The zero-order valence-electron chi connectivity index (χ0n) is 13.8. The van der Waals surface area contributed by atoms with Crippen LogP contribution in [0.2, 0.25) is 5.02 Å². The fourth-order valence-electron chi connectivity index (χ4n) is 3.04. The third kappa shape index (κ3) is 4.26. The second-order valence-corrected chi connectivity index (χ2v) is 6.76. The van der Waals surface area contributed by atoms with Crippen molar-refractivity contribution >= 4 is 28.9 Å². The van der Waals surface area contributed by atoms with Crippen molar-refractivity contribution in [3.05, 3.63) is 52.8 Å². The average Bonchev–Trinajstić information content (AvgIpc) is 2.59. The van der Waals surface area contributed by atoms with E-state index in [-0.39, 0.29) is 5.91 Å². The summed E-state index contributed by atoms with van der Waals surface area (Å²) in [7, 11) is 0. The number of benzene rings is 1. The van der Waals surface area contributed by atoms with Gasteiger partial charge in [-0.3, -0.25) is 9.78 Å². The first-order valence-corrected chi connectivity index (χ1v) is 8.80. The third-order valence-electron chi connectivity index (χ3n) is 4.42. The molecule has 1 aromatic carbocycles. The number of aromatic nitrogens is 1. The maximum absolute atomic E-state index is 12.5. The van der Waals surface area contributed by atoms with E-state index in [2.05, 4.69) is 15.6 Å². The van der Waals surface area contributed by atoms with Gasteiger partial charge in [-0.1, -0.05) is 36.9 Å². The van der Waals surface area contributed by atoms with E-state index >= 15 is 0 Å². The molecule has 126 valence electrons. The van der Waals surface area contributed by atoms with E-state index in [1.54, 1.807) is 18.3 Å². The lowest BCUT2D eigenvalue weighted by Crippen LogP contribution is -2.22. The fourth-order valence-corrected chi connectivity index (χ4v) is 3.21. The molecular weight excluding hydrogens is 322 g/mol. The highest BCUT2D eigenvalue weighted by molar-refractivity contribution is 6.31. The third-order valence-corrected chi connectivity index (χ3v) is 4.65. The van der Waals surface area contributed by atoms with E-state index < -0.39 is 0 Å². The van der Waals surface area contributed by atoms with Crippen LogP contribution in [0.1, 0.15) is 48.2 Å². The summed E-state index contributed by atoms with van der Waals surface area (Å²) in [4.78, 5) is 16.7. The van der Waals surface area contributed by atoms with Crippen LogP contribution in [-0.4, -0.2) is 16.9 Å². The van der Waals surface area contributed by atoms with Gasteiger partial charge in [-0.25, -0.2) is 0 Å². The summed E-state index contributed by atoms with van der Waals surface area (Å²) in [6.45, 7) is 1.93. The summed E-state index contributed by atoms with van der Waals surface area (Å²) < 4.78 is 0. The minimum absolute atomic E-state index is 0.229. The van der Waals surface area contributed by atoms with Crippen molar-refractivity contribution in [3.63, 3.8) is 0 Å². The van der Waals surface area contributed by atoms with Crippen molar-refractivity contribution in [3.8, 4) is 0 Å². The summed E-state index contributed by atoms with van der Waals surface area (Å²) >= 11 is 6.00. The molecule has 0 atom stereocenters. The number of hydrogen-bond acceptors (Lipinski definition) is 3. The van der Waals surface area contributed by atoms with Crippen molar-refractivity contribution in [1.29, 1.82) is 0 Å². The lowest BCUT2D eigenvalue weighted by molar-refractivity contribution is 0.102. The van der Waals surface area contributed by atoms with Gasteiger partial charge in [0.05, 0.1) is 0 Å². The second kappa shape index (κ2) is 7.67. The van der Waals surface area contributed by atoms with Crippen LogP contribution >= 0.6 is 11.6 Å². The molecule has 0 aliphatic heterocycles. The Bertz CT molecular complexity index is 726. The summed E-state index contributed by atoms with van der Waals surface area (Å²) in [5.41, 5.74) is 3.02. The SMILES string of the molecule is Cc1ccc(Cl)cc1NC(=O)c1cc(NC2CCCCC2)ccn1. The van der Waals surface area contributed by atoms with Crippen LogP contribution in [0.4, 0.5) is 11.4 Å². The van der Waals surface area contributed by atoms with Crippen LogP contribution in [0, 0.1) is 6.92 Å². The second-order valence-electron chi connectivity index (χ2n) is 6.32. The number of nitrogens with zero attached hydrogens (tertiary/aromatic N) is 1. The van der Waals surface area contributed by atoms with Crippen LogP contribution in [0.25, 0.3) is 0 Å². The molecule has 0 unspecified atom stereocenters. The number of anilines is 2. The molecule has 4 nitrogen and oxygen atoms in total. The van der Waals surface area contributed by atoms with Gasteiger partial charge in [0.25, 0.3) is 5.91 Å². The Hall–Kier alpha value is -2.07. The zero-order chi connectivity index (χ0) is 16.9. The minimum Gasteiger partial charge on any atom is -0.382 e. The molecule has 24 heavy (non-hydrogen) atoms. The predicted octanol–water partition coefficient (Wildman–Crippen LogP) is 5.04. The summed E-state index contributed by atoms with van der Waals surface area (Å²) in [6.07, 6.45) is 7.90. The Kier molecular flexibility index (Phi) is 5.36. The smallest absolute Gasteiger partial charge is 0.274 e. The van der Waals surface area contributed by atoms with E-state index in [4.69, 9.17) is 11.6 Å². The highest BCUT2D eigenvalue weighted by Crippen LogP contribution is 2.23. The minimum atomic E-state index is -0.229. The summed E-state index contributed by atoms with van der Waals surface area (Å²) in [5.74, 6) is -0.229. The van der Waals surface area contributed by atoms with Crippen molar-refractivity contribution in [2.75, 3.05) is 10.6 Å². The molecule has 1 aliphatic carbocycles. The van der Waals surface area contributed by atoms with E-state index in [9.17, 15) is 4.79 Å². The molecule has 2 N–H and O–H groups in total. The van der Waals surface area contributed by atoms with E-state index in [0.717, 1.165) is 11.3 Å². The molecular formula is C19H22ClN3O. The lowest BCUT2D eigenvalue weighted by atomic mass is 9.95. The average molecular weight is 344 g/mol. The first kappa shape index (κ1) is 16.8. The van der Waals surface area contributed by atoms with Gasteiger partial charge in [-0.05, 0) is 49.6 Å². The van der Waals surface area contributed by atoms with E-state index in [1.165, 1.54) is 32.1 Å². The molecule has 1 aromatic heterocycles. The number of rotatable bonds is 4. The first-order chi connectivity index (χ1) is 11.6. The Balaban J connectivity index is 1.70. The molecule has 1 aliphatic rings. The molecule has 1 heterocycles. The molecule has 1 fully saturated rings. The molecule has 2 aromatic rings. The summed E-state index contributed by atoms with van der Waals surface area (Å²) in [6, 6.07) is 9.65. The largest absolute Gasteiger partial charge is 0.382 e. The predicted molar refractivity (Wildman–Crippen MR) is 98.9 cm³/mol. The standard InChI is InChI=1S/C19H22ClN3O/c1-13-7-8-14(20)11-17(13)23-19(24)18-12-16(9-10-21-18)22-15-5-3-2-4-6-15/h7-12,15H,2-6H2,1H3,(H,21,22)(H,23,24). The Morgan fingerprint density at radius 3 is 2.75 bits per heavy atom. The topological polar surface area (TPSA) is 54.0 Å². The number of carbonyl (C=O) groups is 1. The van der Waals surface area contributed by atoms with Gasteiger partial charge in [0.2, 0.25) is 0 Å². The highest BCUT2D eigenvalue weighted by Gasteiger charge is 2.15. The van der Waals surface area contributed by atoms with Gasteiger partial charge in [0.1, 0.15) is 5.69 Å². The molecule has 3 rings (SSSR count). The first-order valence-electron chi connectivity index (χ1n) is 8.42. The molecule has 0 saturated heterocycles. The number of amides is 1. The van der Waals surface area contributed by atoms with E-state index in [0.29, 0.717) is 22.4 Å². The molecule has 1 saturated carbocycles. The van der Waals surface area contributed by atoms with Gasteiger partial charge >= 0.3 is 0 Å². The fraction of sp³-hybridized carbons (Fsp3) is 0.368. The van der Waals surface area contributed by atoms with Crippen LogP contribution < -0.4 is 10.6 Å². The van der Waals surface area contributed by atoms with Gasteiger partial charge < -0.3 is 10.6 Å². The number of halogens is 1. The number of nitrogens with one attached hydrogen (secondary N) is 2. The van der Waals surface area contributed by atoms with Gasteiger partial charge in [-0.2, -0.15) is 0 Å². The maximum Gasteiger partial charge on any atom is 0.274 e. The Morgan fingerprint density at radius 1 is 1.17 bits per heavy atom.